The van der Waals surface area contributed by atoms with Gasteiger partial charge in [0.25, 0.3) is 0 Å². The first-order chi connectivity index (χ1) is 15.9. The number of rotatable bonds is 4. The zero-order chi connectivity index (χ0) is 23.1. The van der Waals surface area contributed by atoms with Crippen LogP contribution in [0.3, 0.4) is 0 Å². The Bertz CT molecular complexity index is 1320. The van der Waals surface area contributed by atoms with Crippen LogP contribution in [-0.4, -0.2) is 14.7 Å². The van der Waals surface area contributed by atoms with Gasteiger partial charge in [-0.05, 0) is 92.3 Å². The predicted octanol–water partition coefficient (Wildman–Crippen LogP) is 6.57. The Kier molecular flexibility index (Phi) is 5.76. The van der Waals surface area contributed by atoms with E-state index in [1.165, 1.54) is 6.07 Å². The second kappa shape index (κ2) is 8.72. The molecular formula is C26H22BrFN4S. The summed E-state index contributed by atoms with van der Waals surface area (Å²) < 4.78 is 17.1. The quantitative estimate of drug-likeness (QED) is 0.308. The van der Waals surface area contributed by atoms with E-state index in [1.807, 2.05) is 43.3 Å². The standard InChI is InChI=1S/C26H22BrFN4S/c1-16-14-22(17(2)31(16)21-7-5-6-19(28)15-21)25-24(23-8-3-4-13-29-23)30-26(33)32(25)20-11-9-18(27)10-12-20/h3-15,24-25H,1-2H3,(H,30,33)/t24-,25-/m1/s1. The first-order valence-electron chi connectivity index (χ1n) is 10.6. The summed E-state index contributed by atoms with van der Waals surface area (Å²) in [5.74, 6) is -0.256. The highest BCUT2D eigenvalue weighted by atomic mass is 79.9. The van der Waals surface area contributed by atoms with Gasteiger partial charge in [0.1, 0.15) is 5.82 Å². The normalized spacial score (nSPS) is 17.9. The summed E-state index contributed by atoms with van der Waals surface area (Å²) >= 11 is 9.34. The summed E-state index contributed by atoms with van der Waals surface area (Å²) in [7, 11) is 0. The minimum atomic E-state index is -0.256. The first kappa shape index (κ1) is 21.8. The van der Waals surface area contributed by atoms with Crippen LogP contribution in [-0.2, 0) is 0 Å². The van der Waals surface area contributed by atoms with E-state index in [9.17, 15) is 4.39 Å². The van der Waals surface area contributed by atoms with Crippen molar-refractivity contribution >= 4 is 38.9 Å². The maximum Gasteiger partial charge on any atom is 0.174 e. The van der Waals surface area contributed by atoms with E-state index in [0.29, 0.717) is 5.11 Å². The Morgan fingerprint density at radius 2 is 1.76 bits per heavy atom. The van der Waals surface area contributed by atoms with Crippen LogP contribution in [0.5, 0.6) is 0 Å². The monoisotopic (exact) mass is 520 g/mol. The summed E-state index contributed by atoms with van der Waals surface area (Å²) in [6.07, 6.45) is 1.80. The molecule has 166 valence electrons. The molecule has 1 saturated heterocycles. The number of benzene rings is 2. The van der Waals surface area contributed by atoms with Crippen molar-refractivity contribution < 1.29 is 4.39 Å². The zero-order valence-electron chi connectivity index (χ0n) is 18.2. The minimum Gasteiger partial charge on any atom is -0.351 e. The number of pyridine rings is 1. The van der Waals surface area contributed by atoms with Gasteiger partial charge >= 0.3 is 0 Å². The highest BCUT2D eigenvalue weighted by molar-refractivity contribution is 9.10. The number of aryl methyl sites for hydroxylation is 1. The van der Waals surface area contributed by atoms with Crippen molar-refractivity contribution in [1.82, 2.24) is 14.9 Å². The van der Waals surface area contributed by atoms with Crippen LogP contribution in [0.4, 0.5) is 10.1 Å². The number of nitrogens with zero attached hydrogens (tertiary/aromatic N) is 3. The molecule has 0 radical (unpaired) electrons. The second-order valence-electron chi connectivity index (χ2n) is 8.11. The molecule has 33 heavy (non-hydrogen) atoms. The molecule has 1 aliphatic rings. The lowest BCUT2D eigenvalue weighted by Crippen LogP contribution is -2.29. The number of nitrogens with one attached hydrogen (secondary N) is 1. The second-order valence-corrected chi connectivity index (χ2v) is 9.42. The summed E-state index contributed by atoms with van der Waals surface area (Å²) in [6, 6.07) is 22.6. The minimum absolute atomic E-state index is 0.123. The number of anilines is 1. The number of aromatic nitrogens is 2. The van der Waals surface area contributed by atoms with Crippen molar-refractivity contribution in [2.75, 3.05) is 4.90 Å². The van der Waals surface area contributed by atoms with Gasteiger partial charge in [0, 0.05) is 33.4 Å². The Labute approximate surface area is 206 Å². The average molecular weight is 521 g/mol. The molecule has 0 amide bonds. The van der Waals surface area contributed by atoms with Crippen LogP contribution in [0.25, 0.3) is 5.69 Å². The van der Waals surface area contributed by atoms with Gasteiger partial charge in [-0.15, -0.1) is 0 Å². The van der Waals surface area contributed by atoms with Crippen LogP contribution in [0.15, 0.2) is 83.5 Å². The zero-order valence-corrected chi connectivity index (χ0v) is 20.6. The van der Waals surface area contributed by atoms with Crippen molar-refractivity contribution in [3.05, 3.63) is 112 Å². The van der Waals surface area contributed by atoms with Gasteiger partial charge in [-0.1, -0.05) is 28.1 Å². The SMILES string of the molecule is Cc1cc([C@@H]2[C@@H](c3ccccn3)NC(=S)N2c2ccc(Br)cc2)c(C)n1-c1cccc(F)c1. The summed E-state index contributed by atoms with van der Waals surface area (Å²) in [6.45, 7) is 4.12. The van der Waals surface area contributed by atoms with Crippen molar-refractivity contribution in [2.24, 2.45) is 0 Å². The van der Waals surface area contributed by atoms with E-state index in [0.717, 1.165) is 38.5 Å². The molecule has 2 aromatic heterocycles. The molecule has 1 fully saturated rings. The van der Waals surface area contributed by atoms with Gasteiger partial charge in [0.15, 0.2) is 5.11 Å². The molecule has 2 atom stereocenters. The van der Waals surface area contributed by atoms with E-state index >= 15 is 0 Å². The first-order valence-corrected chi connectivity index (χ1v) is 11.8. The fraction of sp³-hybridized carbons (Fsp3) is 0.154. The van der Waals surface area contributed by atoms with E-state index < -0.39 is 0 Å². The van der Waals surface area contributed by atoms with E-state index in [-0.39, 0.29) is 17.9 Å². The third kappa shape index (κ3) is 3.96. The molecule has 0 aliphatic carbocycles. The van der Waals surface area contributed by atoms with Crippen LogP contribution in [0, 0.1) is 19.7 Å². The van der Waals surface area contributed by atoms with Gasteiger partial charge in [-0.2, -0.15) is 0 Å². The fourth-order valence-electron chi connectivity index (χ4n) is 4.65. The van der Waals surface area contributed by atoms with E-state index in [4.69, 9.17) is 12.2 Å². The van der Waals surface area contributed by atoms with Crippen LogP contribution in [0.1, 0.15) is 34.7 Å². The smallest absolute Gasteiger partial charge is 0.174 e. The van der Waals surface area contributed by atoms with Gasteiger partial charge < -0.3 is 14.8 Å². The lowest BCUT2D eigenvalue weighted by Gasteiger charge is -2.28. The largest absolute Gasteiger partial charge is 0.351 e. The van der Waals surface area contributed by atoms with Gasteiger partial charge in [-0.25, -0.2) is 4.39 Å². The van der Waals surface area contributed by atoms with Crippen LogP contribution in [0.2, 0.25) is 0 Å². The third-order valence-electron chi connectivity index (χ3n) is 6.06. The lowest BCUT2D eigenvalue weighted by atomic mass is 9.96. The molecule has 0 unspecified atom stereocenters. The van der Waals surface area contributed by atoms with E-state index in [2.05, 4.69) is 60.8 Å². The maximum atomic E-state index is 14.0. The molecular weight excluding hydrogens is 499 g/mol. The third-order valence-corrected chi connectivity index (χ3v) is 6.90. The molecule has 7 heteroatoms. The van der Waals surface area contributed by atoms with Crippen molar-refractivity contribution in [2.45, 2.75) is 25.9 Å². The molecule has 0 bridgehead atoms. The number of thiocarbonyl (C=S) groups is 1. The summed E-state index contributed by atoms with van der Waals surface area (Å²) in [4.78, 5) is 6.78. The lowest BCUT2D eigenvalue weighted by molar-refractivity contribution is 0.565. The molecule has 1 N–H and O–H groups in total. The van der Waals surface area contributed by atoms with E-state index in [1.54, 1.807) is 18.3 Å². The average Bonchev–Trinajstić information content (AvgIpc) is 3.30. The molecule has 2 aromatic carbocycles. The Balaban J connectivity index is 1.68. The van der Waals surface area contributed by atoms with Crippen molar-refractivity contribution in [1.29, 1.82) is 0 Å². The highest BCUT2D eigenvalue weighted by Gasteiger charge is 2.42. The molecule has 3 heterocycles. The van der Waals surface area contributed by atoms with Crippen LogP contribution < -0.4 is 10.2 Å². The van der Waals surface area contributed by atoms with Crippen molar-refractivity contribution in [3.63, 3.8) is 0 Å². The predicted molar refractivity (Wildman–Crippen MR) is 137 cm³/mol. The molecule has 0 saturated carbocycles. The maximum absolute atomic E-state index is 14.0. The van der Waals surface area contributed by atoms with Gasteiger partial charge in [0.05, 0.1) is 17.8 Å². The highest BCUT2D eigenvalue weighted by Crippen LogP contribution is 2.43. The van der Waals surface area contributed by atoms with Gasteiger partial charge in [0.2, 0.25) is 0 Å². The Hall–Kier alpha value is -3.03. The molecule has 1 aliphatic heterocycles. The Morgan fingerprint density at radius 1 is 0.970 bits per heavy atom. The Morgan fingerprint density at radius 3 is 2.45 bits per heavy atom. The number of halogens is 2. The molecule has 4 nitrogen and oxygen atoms in total. The number of hydrogen-bond donors (Lipinski definition) is 1. The number of hydrogen-bond acceptors (Lipinski definition) is 2. The van der Waals surface area contributed by atoms with Crippen LogP contribution >= 0.6 is 28.1 Å². The summed E-state index contributed by atoms with van der Waals surface area (Å²) in [5.41, 5.74) is 5.89. The van der Waals surface area contributed by atoms with Crippen molar-refractivity contribution in [3.8, 4) is 5.69 Å². The van der Waals surface area contributed by atoms with Gasteiger partial charge in [-0.3, -0.25) is 4.98 Å². The molecule has 5 rings (SSSR count). The molecule has 4 aromatic rings. The summed E-state index contributed by atoms with van der Waals surface area (Å²) in [5, 5.41) is 4.15. The topological polar surface area (TPSA) is 33.1 Å². The fourth-order valence-corrected chi connectivity index (χ4v) is 5.26. The molecule has 0 spiro atoms.